The van der Waals surface area contributed by atoms with Crippen LogP contribution in [0.25, 0.3) is 10.8 Å². The molecule has 3 aromatic rings. The first-order valence-electron chi connectivity index (χ1n) is 4.29. The number of thiazole rings is 1. The van der Waals surface area contributed by atoms with Crippen LogP contribution in [-0.4, -0.2) is 25.2 Å². The van der Waals surface area contributed by atoms with Crippen molar-refractivity contribution in [1.29, 1.82) is 0 Å². The molecule has 0 amide bonds. The Morgan fingerprint density at radius 1 is 1.40 bits per heavy atom. The van der Waals surface area contributed by atoms with Crippen molar-refractivity contribution >= 4 is 22.6 Å². The average Bonchev–Trinajstić information content (AvgIpc) is 2.93. The van der Waals surface area contributed by atoms with Crippen LogP contribution in [0, 0.1) is 0 Å². The van der Waals surface area contributed by atoms with Crippen LogP contribution in [-0.2, 0) is 0 Å². The third-order valence-electron chi connectivity index (χ3n) is 2.14. The summed E-state index contributed by atoms with van der Waals surface area (Å²) in [7, 11) is 0. The summed E-state index contributed by atoms with van der Waals surface area (Å²) in [5, 5.41) is 1.90. The second-order valence-electron chi connectivity index (χ2n) is 2.96. The SMILES string of the molecule is O=Cc1c(-n2ccnc2)nc2sccn12. The molecule has 6 heteroatoms. The fourth-order valence-electron chi connectivity index (χ4n) is 1.48. The number of hydrogen-bond acceptors (Lipinski definition) is 4. The first-order valence-corrected chi connectivity index (χ1v) is 5.17. The Morgan fingerprint density at radius 3 is 3.07 bits per heavy atom. The van der Waals surface area contributed by atoms with Gasteiger partial charge in [0.15, 0.2) is 17.1 Å². The fraction of sp³-hybridized carbons (Fsp3) is 0. The van der Waals surface area contributed by atoms with E-state index in [1.807, 2.05) is 11.6 Å². The Kier molecular flexibility index (Phi) is 1.69. The van der Waals surface area contributed by atoms with Gasteiger partial charge in [-0.25, -0.2) is 4.98 Å². The topological polar surface area (TPSA) is 52.2 Å². The van der Waals surface area contributed by atoms with E-state index < -0.39 is 0 Å². The maximum absolute atomic E-state index is 11.0. The standard InChI is InChI=1S/C9H6N4OS/c14-5-7-8(12-2-1-10-6-12)11-9-13(7)3-4-15-9/h1-6H. The third kappa shape index (κ3) is 1.11. The molecule has 0 saturated heterocycles. The zero-order valence-electron chi connectivity index (χ0n) is 7.57. The van der Waals surface area contributed by atoms with Crippen molar-refractivity contribution in [2.75, 3.05) is 0 Å². The molecule has 0 N–H and O–H groups in total. The predicted molar refractivity (Wildman–Crippen MR) is 55.6 cm³/mol. The molecule has 0 saturated carbocycles. The van der Waals surface area contributed by atoms with Crippen LogP contribution < -0.4 is 0 Å². The number of fused-ring (bicyclic) bond motifs is 1. The maximum atomic E-state index is 11.0. The fourth-order valence-corrected chi connectivity index (χ4v) is 2.19. The van der Waals surface area contributed by atoms with Gasteiger partial charge in [-0.2, -0.15) is 4.98 Å². The van der Waals surface area contributed by atoms with Crippen LogP contribution in [0.2, 0.25) is 0 Å². The van der Waals surface area contributed by atoms with E-state index in [1.54, 1.807) is 27.7 Å². The lowest BCUT2D eigenvalue weighted by atomic mass is 10.4. The number of imidazole rings is 2. The molecule has 0 bridgehead atoms. The van der Waals surface area contributed by atoms with Crippen LogP contribution in [0.15, 0.2) is 30.3 Å². The van der Waals surface area contributed by atoms with Gasteiger partial charge in [-0.3, -0.25) is 13.8 Å². The van der Waals surface area contributed by atoms with Gasteiger partial charge in [-0.15, -0.1) is 11.3 Å². The van der Waals surface area contributed by atoms with E-state index in [1.165, 1.54) is 11.3 Å². The van der Waals surface area contributed by atoms with Crippen LogP contribution in [0.1, 0.15) is 10.5 Å². The lowest BCUT2D eigenvalue weighted by Crippen LogP contribution is -1.97. The van der Waals surface area contributed by atoms with Gasteiger partial charge in [0.05, 0.1) is 0 Å². The summed E-state index contributed by atoms with van der Waals surface area (Å²) < 4.78 is 3.50. The minimum absolute atomic E-state index is 0.546. The summed E-state index contributed by atoms with van der Waals surface area (Å²) in [6.07, 6.45) is 7.68. The van der Waals surface area contributed by atoms with E-state index in [4.69, 9.17) is 0 Å². The molecule has 0 aliphatic heterocycles. The highest BCUT2D eigenvalue weighted by molar-refractivity contribution is 7.15. The smallest absolute Gasteiger partial charge is 0.196 e. The highest BCUT2D eigenvalue weighted by Gasteiger charge is 2.13. The van der Waals surface area contributed by atoms with Gasteiger partial charge in [0.2, 0.25) is 0 Å². The molecule has 0 aliphatic carbocycles. The van der Waals surface area contributed by atoms with Crippen LogP contribution in [0.5, 0.6) is 0 Å². The maximum Gasteiger partial charge on any atom is 0.196 e. The van der Waals surface area contributed by atoms with E-state index in [0.29, 0.717) is 11.5 Å². The molecule has 0 atom stereocenters. The first-order chi connectivity index (χ1) is 7.40. The predicted octanol–water partition coefficient (Wildman–Crippen LogP) is 1.39. The van der Waals surface area contributed by atoms with Gasteiger partial charge in [0.1, 0.15) is 12.0 Å². The molecule has 0 aliphatic rings. The number of carbonyl (C=O) groups is 1. The van der Waals surface area contributed by atoms with Crippen molar-refractivity contribution in [2.45, 2.75) is 0 Å². The molecule has 0 aromatic carbocycles. The largest absolute Gasteiger partial charge is 0.296 e. The molecular weight excluding hydrogens is 212 g/mol. The monoisotopic (exact) mass is 218 g/mol. The summed E-state index contributed by atoms with van der Waals surface area (Å²) in [6.45, 7) is 0. The zero-order valence-corrected chi connectivity index (χ0v) is 8.39. The number of rotatable bonds is 2. The van der Waals surface area contributed by atoms with Crippen molar-refractivity contribution in [3.8, 4) is 5.82 Å². The molecular formula is C9H6N4OS. The quantitative estimate of drug-likeness (QED) is 0.611. The summed E-state index contributed by atoms with van der Waals surface area (Å²) in [4.78, 5) is 20.1. The molecule has 15 heavy (non-hydrogen) atoms. The van der Waals surface area contributed by atoms with Crippen molar-refractivity contribution < 1.29 is 4.79 Å². The van der Waals surface area contributed by atoms with Gasteiger partial charge in [-0.1, -0.05) is 0 Å². The molecule has 3 aromatic heterocycles. The van der Waals surface area contributed by atoms with Crippen molar-refractivity contribution in [1.82, 2.24) is 18.9 Å². The second kappa shape index (κ2) is 3.03. The van der Waals surface area contributed by atoms with Crippen molar-refractivity contribution in [3.63, 3.8) is 0 Å². The molecule has 0 fully saturated rings. The van der Waals surface area contributed by atoms with E-state index in [2.05, 4.69) is 9.97 Å². The van der Waals surface area contributed by atoms with Gasteiger partial charge >= 0.3 is 0 Å². The Balaban J connectivity index is 2.35. The molecule has 0 radical (unpaired) electrons. The third-order valence-corrected chi connectivity index (χ3v) is 2.90. The lowest BCUT2D eigenvalue weighted by Gasteiger charge is -1.96. The van der Waals surface area contributed by atoms with Gasteiger partial charge in [0.25, 0.3) is 0 Å². The molecule has 0 unspecified atom stereocenters. The Morgan fingerprint density at radius 2 is 2.33 bits per heavy atom. The second-order valence-corrected chi connectivity index (χ2v) is 3.84. The first kappa shape index (κ1) is 8.37. The van der Waals surface area contributed by atoms with Crippen LogP contribution >= 0.6 is 11.3 Å². The molecule has 3 rings (SSSR count). The summed E-state index contributed by atoms with van der Waals surface area (Å²) in [5.74, 6) is 0.620. The highest BCUT2D eigenvalue weighted by atomic mass is 32.1. The number of aldehydes is 1. The van der Waals surface area contributed by atoms with E-state index in [0.717, 1.165) is 11.2 Å². The molecule has 0 spiro atoms. The van der Waals surface area contributed by atoms with E-state index in [9.17, 15) is 4.79 Å². The normalized spacial score (nSPS) is 10.9. The molecule has 5 nitrogen and oxygen atoms in total. The van der Waals surface area contributed by atoms with Crippen molar-refractivity contribution in [3.05, 3.63) is 36.0 Å². The number of carbonyl (C=O) groups excluding carboxylic acids is 1. The van der Waals surface area contributed by atoms with Crippen LogP contribution in [0.3, 0.4) is 0 Å². The summed E-state index contributed by atoms with van der Waals surface area (Å²) in [6, 6.07) is 0. The highest BCUT2D eigenvalue weighted by Crippen LogP contribution is 2.18. The average molecular weight is 218 g/mol. The summed E-state index contributed by atoms with van der Waals surface area (Å²) >= 11 is 1.49. The molecule has 3 heterocycles. The van der Waals surface area contributed by atoms with E-state index >= 15 is 0 Å². The van der Waals surface area contributed by atoms with Gasteiger partial charge in [0, 0.05) is 24.0 Å². The minimum Gasteiger partial charge on any atom is -0.296 e. The minimum atomic E-state index is 0.546. The Labute approximate surface area is 88.6 Å². The Bertz CT molecular complexity index is 607. The van der Waals surface area contributed by atoms with Gasteiger partial charge in [-0.05, 0) is 0 Å². The summed E-state index contributed by atoms with van der Waals surface area (Å²) in [5.41, 5.74) is 0.546. The zero-order chi connectivity index (χ0) is 10.3. The van der Waals surface area contributed by atoms with Crippen LogP contribution in [0.4, 0.5) is 0 Å². The lowest BCUT2D eigenvalue weighted by molar-refractivity contribution is 0.111. The number of aromatic nitrogens is 4. The van der Waals surface area contributed by atoms with Gasteiger partial charge < -0.3 is 0 Å². The van der Waals surface area contributed by atoms with E-state index in [-0.39, 0.29) is 0 Å². The number of hydrogen-bond donors (Lipinski definition) is 0. The molecule has 74 valence electrons. The Hall–Kier alpha value is -1.95. The number of nitrogens with zero attached hydrogens (tertiary/aromatic N) is 4. The van der Waals surface area contributed by atoms with Crippen molar-refractivity contribution in [2.24, 2.45) is 0 Å².